The zero-order valence-corrected chi connectivity index (χ0v) is 19.3. The van der Waals surface area contributed by atoms with Gasteiger partial charge in [-0.15, -0.1) is 12.4 Å². The lowest BCUT2D eigenvalue weighted by Gasteiger charge is -2.16. The first-order chi connectivity index (χ1) is 13.7. The zero-order chi connectivity index (χ0) is 19.8. The molecule has 0 radical (unpaired) electrons. The molecule has 0 aliphatic heterocycles. The van der Waals surface area contributed by atoms with Gasteiger partial charge < -0.3 is 14.8 Å². The second kappa shape index (κ2) is 12.1. The number of nitrogens with one attached hydrogen (secondary N) is 1. The molecule has 0 unspecified atom stereocenters. The van der Waals surface area contributed by atoms with Crippen molar-refractivity contribution in [3.63, 3.8) is 0 Å². The van der Waals surface area contributed by atoms with Crippen LogP contribution in [0.15, 0.2) is 71.2 Å². The molecule has 0 spiro atoms. The molecule has 0 bridgehead atoms. The first kappa shape index (κ1) is 23.6. The van der Waals surface area contributed by atoms with Gasteiger partial charge in [-0.25, -0.2) is 0 Å². The van der Waals surface area contributed by atoms with Crippen LogP contribution in [-0.4, -0.2) is 6.61 Å². The van der Waals surface area contributed by atoms with E-state index in [9.17, 15) is 0 Å². The summed E-state index contributed by atoms with van der Waals surface area (Å²) in [7, 11) is 0. The summed E-state index contributed by atoms with van der Waals surface area (Å²) in [6.07, 6.45) is 0. The van der Waals surface area contributed by atoms with Gasteiger partial charge in [0.05, 0.1) is 11.1 Å². The number of benzene rings is 3. The molecule has 6 heteroatoms. The summed E-state index contributed by atoms with van der Waals surface area (Å²) in [5.74, 6) is 1.45. The van der Waals surface area contributed by atoms with Crippen LogP contribution < -0.4 is 14.8 Å². The average molecular weight is 497 g/mol. The zero-order valence-electron chi connectivity index (χ0n) is 16.2. The predicted molar refractivity (Wildman–Crippen MR) is 125 cm³/mol. The van der Waals surface area contributed by atoms with E-state index in [1.807, 2.05) is 55.5 Å². The van der Waals surface area contributed by atoms with Crippen LogP contribution in [0.25, 0.3) is 0 Å². The Balaban J connectivity index is 0.00000300. The summed E-state index contributed by atoms with van der Waals surface area (Å²) >= 11 is 9.58. The van der Waals surface area contributed by atoms with Crippen molar-refractivity contribution in [1.82, 2.24) is 5.32 Å². The Morgan fingerprint density at radius 1 is 0.862 bits per heavy atom. The highest BCUT2D eigenvalue weighted by Crippen LogP contribution is 2.37. The fourth-order valence-electron chi connectivity index (χ4n) is 2.81. The molecular weight excluding hydrogens is 473 g/mol. The Hall–Kier alpha value is -1.72. The summed E-state index contributed by atoms with van der Waals surface area (Å²) < 4.78 is 12.7. The summed E-state index contributed by atoms with van der Waals surface area (Å²) in [5, 5.41) is 4.18. The number of rotatable bonds is 9. The Kier molecular flexibility index (Phi) is 9.82. The monoisotopic (exact) mass is 495 g/mol. The van der Waals surface area contributed by atoms with E-state index in [-0.39, 0.29) is 12.4 Å². The molecule has 29 heavy (non-hydrogen) atoms. The number of ether oxygens (including phenoxy) is 2. The van der Waals surface area contributed by atoms with Crippen molar-refractivity contribution in [3.8, 4) is 11.5 Å². The van der Waals surface area contributed by atoms with Crippen LogP contribution in [0.2, 0.25) is 5.02 Å². The largest absolute Gasteiger partial charge is 0.490 e. The van der Waals surface area contributed by atoms with Gasteiger partial charge in [0, 0.05) is 18.1 Å². The first-order valence-corrected chi connectivity index (χ1v) is 10.4. The van der Waals surface area contributed by atoms with E-state index in [1.54, 1.807) is 0 Å². The lowest BCUT2D eigenvalue weighted by molar-refractivity contribution is 0.267. The quantitative estimate of drug-likeness (QED) is 0.353. The standard InChI is InChI=1S/C23H23BrClNO2.ClH/c1-2-27-22-13-19(15-26-14-17-6-4-3-5-7-17)12-21(24)23(22)28-16-18-8-10-20(25)11-9-18;/h3-13,26H,2,14-16H2,1H3;1H. The minimum Gasteiger partial charge on any atom is -0.490 e. The molecule has 0 saturated carbocycles. The van der Waals surface area contributed by atoms with E-state index in [0.717, 1.165) is 34.4 Å². The van der Waals surface area contributed by atoms with Gasteiger partial charge >= 0.3 is 0 Å². The fourth-order valence-corrected chi connectivity index (χ4v) is 3.54. The van der Waals surface area contributed by atoms with E-state index in [2.05, 4.69) is 39.4 Å². The fraction of sp³-hybridized carbons (Fsp3) is 0.217. The van der Waals surface area contributed by atoms with Gasteiger partial charge in [0.2, 0.25) is 0 Å². The molecule has 154 valence electrons. The maximum Gasteiger partial charge on any atom is 0.175 e. The van der Waals surface area contributed by atoms with Gasteiger partial charge in [0.1, 0.15) is 6.61 Å². The van der Waals surface area contributed by atoms with Gasteiger partial charge in [-0.2, -0.15) is 0 Å². The van der Waals surface area contributed by atoms with Crippen molar-refractivity contribution in [2.75, 3.05) is 6.61 Å². The van der Waals surface area contributed by atoms with Crippen LogP contribution in [0, 0.1) is 0 Å². The SMILES string of the molecule is CCOc1cc(CNCc2ccccc2)cc(Br)c1OCc1ccc(Cl)cc1.Cl. The highest BCUT2D eigenvalue weighted by molar-refractivity contribution is 9.10. The van der Waals surface area contributed by atoms with Crippen LogP contribution in [0.1, 0.15) is 23.6 Å². The highest BCUT2D eigenvalue weighted by atomic mass is 79.9. The molecule has 0 aromatic heterocycles. The molecule has 0 aliphatic carbocycles. The minimum atomic E-state index is 0. The molecule has 0 fully saturated rings. The summed E-state index contributed by atoms with van der Waals surface area (Å²) in [5.41, 5.74) is 3.44. The first-order valence-electron chi connectivity index (χ1n) is 9.23. The molecule has 3 aromatic rings. The van der Waals surface area contributed by atoms with Crippen molar-refractivity contribution < 1.29 is 9.47 Å². The van der Waals surface area contributed by atoms with E-state index < -0.39 is 0 Å². The van der Waals surface area contributed by atoms with E-state index in [0.29, 0.717) is 24.0 Å². The third-order valence-corrected chi connectivity index (χ3v) is 5.01. The van der Waals surface area contributed by atoms with E-state index in [4.69, 9.17) is 21.1 Å². The molecule has 0 aliphatic rings. The van der Waals surface area contributed by atoms with E-state index >= 15 is 0 Å². The third kappa shape index (κ3) is 7.23. The highest BCUT2D eigenvalue weighted by Gasteiger charge is 2.13. The molecular formula is C23H24BrCl2NO2. The normalized spacial score (nSPS) is 10.3. The molecule has 1 N–H and O–H groups in total. The van der Waals surface area contributed by atoms with Crippen molar-refractivity contribution in [3.05, 3.63) is 92.9 Å². The van der Waals surface area contributed by atoms with Crippen molar-refractivity contribution in [1.29, 1.82) is 0 Å². The number of hydrogen-bond acceptors (Lipinski definition) is 3. The van der Waals surface area contributed by atoms with Gasteiger partial charge in [0.15, 0.2) is 11.5 Å². The maximum atomic E-state index is 6.04. The Morgan fingerprint density at radius 3 is 2.24 bits per heavy atom. The molecule has 0 saturated heterocycles. The lowest BCUT2D eigenvalue weighted by atomic mass is 10.2. The van der Waals surface area contributed by atoms with Crippen LogP contribution in [0.4, 0.5) is 0 Å². The van der Waals surface area contributed by atoms with Gasteiger partial charge in [-0.1, -0.05) is 54.1 Å². The van der Waals surface area contributed by atoms with Gasteiger partial charge in [-0.3, -0.25) is 0 Å². The summed E-state index contributed by atoms with van der Waals surface area (Å²) in [6.45, 7) is 4.55. The Bertz CT molecular complexity index is 889. The Morgan fingerprint density at radius 2 is 1.55 bits per heavy atom. The smallest absolute Gasteiger partial charge is 0.175 e. The number of halogens is 3. The molecule has 3 aromatic carbocycles. The Labute approximate surface area is 191 Å². The topological polar surface area (TPSA) is 30.5 Å². The molecule has 0 amide bonds. The molecule has 0 atom stereocenters. The van der Waals surface area contributed by atoms with E-state index in [1.165, 1.54) is 5.56 Å². The minimum absolute atomic E-state index is 0. The second-order valence-corrected chi connectivity index (χ2v) is 7.63. The summed E-state index contributed by atoms with van der Waals surface area (Å²) in [6, 6.07) is 22.1. The van der Waals surface area contributed by atoms with Gasteiger partial charge in [0.25, 0.3) is 0 Å². The summed E-state index contributed by atoms with van der Waals surface area (Å²) in [4.78, 5) is 0. The third-order valence-electron chi connectivity index (χ3n) is 4.17. The molecule has 3 rings (SSSR count). The predicted octanol–water partition coefficient (Wildman–Crippen LogP) is 6.79. The molecule has 3 nitrogen and oxygen atoms in total. The maximum absolute atomic E-state index is 6.04. The molecule has 0 heterocycles. The van der Waals surface area contributed by atoms with Crippen molar-refractivity contribution in [2.24, 2.45) is 0 Å². The average Bonchev–Trinajstić information content (AvgIpc) is 2.70. The second-order valence-electron chi connectivity index (χ2n) is 6.34. The van der Waals surface area contributed by atoms with Crippen LogP contribution >= 0.6 is 39.9 Å². The number of hydrogen-bond donors (Lipinski definition) is 1. The lowest BCUT2D eigenvalue weighted by Crippen LogP contribution is -2.13. The van der Waals surface area contributed by atoms with Crippen LogP contribution in [0.3, 0.4) is 0 Å². The van der Waals surface area contributed by atoms with Crippen LogP contribution in [0.5, 0.6) is 11.5 Å². The van der Waals surface area contributed by atoms with Crippen molar-refractivity contribution >= 4 is 39.9 Å². The van der Waals surface area contributed by atoms with Gasteiger partial charge in [-0.05, 0) is 63.8 Å². The van der Waals surface area contributed by atoms with Crippen LogP contribution in [-0.2, 0) is 19.7 Å². The van der Waals surface area contributed by atoms with Crippen molar-refractivity contribution in [2.45, 2.75) is 26.6 Å².